The second kappa shape index (κ2) is 7.93. The van der Waals surface area contributed by atoms with Gasteiger partial charge in [-0.3, -0.25) is 4.79 Å². The van der Waals surface area contributed by atoms with E-state index in [4.69, 9.17) is 27.9 Å². The lowest BCUT2D eigenvalue weighted by Crippen LogP contribution is -2.15. The topological polar surface area (TPSA) is 76.1 Å². The van der Waals surface area contributed by atoms with Crippen LogP contribution in [0.4, 0.5) is 11.5 Å². The number of anilines is 2. The molecule has 6 nitrogen and oxygen atoms in total. The monoisotopic (exact) mass is 340 g/mol. The van der Waals surface area contributed by atoms with Crippen LogP contribution in [0.25, 0.3) is 0 Å². The Hall–Kier alpha value is -1.89. The van der Waals surface area contributed by atoms with E-state index in [-0.39, 0.29) is 5.69 Å². The molecule has 2 aromatic rings. The average Bonchev–Trinajstić information content (AvgIpc) is 2.47. The molecule has 8 heteroatoms. The highest BCUT2D eigenvalue weighted by atomic mass is 35.5. The summed E-state index contributed by atoms with van der Waals surface area (Å²) in [6.45, 7) is 1.16. The van der Waals surface area contributed by atoms with Crippen LogP contribution in [-0.4, -0.2) is 36.4 Å². The molecule has 0 aliphatic heterocycles. The van der Waals surface area contributed by atoms with Crippen molar-refractivity contribution in [3.05, 3.63) is 46.1 Å². The lowest BCUT2D eigenvalue weighted by atomic mass is 10.3. The summed E-state index contributed by atoms with van der Waals surface area (Å²) in [7, 11) is 1.61. The Morgan fingerprint density at radius 1 is 1.18 bits per heavy atom. The minimum Gasteiger partial charge on any atom is -0.383 e. The maximum Gasteiger partial charge on any atom is 0.276 e. The Balaban J connectivity index is 2.00. The van der Waals surface area contributed by atoms with Crippen LogP contribution in [0.2, 0.25) is 10.0 Å². The number of ether oxygens (including phenoxy) is 1. The van der Waals surface area contributed by atoms with E-state index in [0.29, 0.717) is 34.7 Å². The molecule has 0 bridgehead atoms. The van der Waals surface area contributed by atoms with Gasteiger partial charge >= 0.3 is 0 Å². The van der Waals surface area contributed by atoms with Gasteiger partial charge < -0.3 is 15.4 Å². The lowest BCUT2D eigenvalue weighted by Gasteiger charge is -2.07. The number of benzene rings is 1. The fraction of sp³-hybridized carbons (Fsp3) is 0.214. The summed E-state index contributed by atoms with van der Waals surface area (Å²) in [5.41, 5.74) is 0.681. The van der Waals surface area contributed by atoms with Gasteiger partial charge in [-0.2, -0.15) is 0 Å². The molecule has 0 aliphatic carbocycles. The van der Waals surface area contributed by atoms with Gasteiger partial charge in [-0.25, -0.2) is 0 Å². The molecule has 0 aliphatic rings. The van der Waals surface area contributed by atoms with Crippen molar-refractivity contribution in [1.29, 1.82) is 0 Å². The third-order valence-corrected chi connectivity index (χ3v) is 3.07. The van der Waals surface area contributed by atoms with Gasteiger partial charge in [0.1, 0.15) is 5.82 Å². The van der Waals surface area contributed by atoms with Gasteiger partial charge in [0.05, 0.1) is 6.61 Å². The van der Waals surface area contributed by atoms with Crippen LogP contribution < -0.4 is 10.6 Å². The molecule has 2 rings (SSSR count). The minimum absolute atomic E-state index is 0.188. The zero-order valence-corrected chi connectivity index (χ0v) is 13.3. The molecule has 1 amide bonds. The largest absolute Gasteiger partial charge is 0.383 e. The van der Waals surface area contributed by atoms with E-state index in [0.717, 1.165) is 0 Å². The Bertz CT molecular complexity index is 630. The Labute approximate surface area is 137 Å². The van der Waals surface area contributed by atoms with Gasteiger partial charge in [-0.05, 0) is 30.3 Å². The zero-order valence-electron chi connectivity index (χ0n) is 11.8. The first-order valence-electron chi connectivity index (χ1n) is 6.42. The smallest absolute Gasteiger partial charge is 0.276 e. The number of hydrogen-bond acceptors (Lipinski definition) is 5. The van der Waals surface area contributed by atoms with Crippen molar-refractivity contribution in [1.82, 2.24) is 10.2 Å². The minimum atomic E-state index is -0.394. The molecular weight excluding hydrogens is 327 g/mol. The number of aromatic nitrogens is 2. The average molecular weight is 341 g/mol. The molecule has 116 valence electrons. The zero-order chi connectivity index (χ0) is 15.9. The normalized spacial score (nSPS) is 10.3. The van der Waals surface area contributed by atoms with Crippen LogP contribution in [-0.2, 0) is 4.74 Å². The fourth-order valence-electron chi connectivity index (χ4n) is 1.65. The van der Waals surface area contributed by atoms with E-state index in [2.05, 4.69) is 20.8 Å². The first-order valence-corrected chi connectivity index (χ1v) is 7.18. The number of nitrogens with one attached hydrogen (secondary N) is 2. The van der Waals surface area contributed by atoms with Gasteiger partial charge in [-0.1, -0.05) is 23.2 Å². The standard InChI is InChI=1S/C14H14Cl2N4O2/c1-22-5-4-17-13-3-2-12(19-20-13)14(21)18-11-7-9(15)6-10(16)8-11/h2-3,6-8H,4-5H2,1H3,(H,17,20)(H,18,21). The van der Waals surface area contributed by atoms with E-state index in [1.807, 2.05) is 0 Å². The van der Waals surface area contributed by atoms with Crippen molar-refractivity contribution in [2.24, 2.45) is 0 Å². The maximum atomic E-state index is 12.1. The highest BCUT2D eigenvalue weighted by molar-refractivity contribution is 6.35. The van der Waals surface area contributed by atoms with Crippen molar-refractivity contribution in [2.75, 3.05) is 30.9 Å². The number of rotatable bonds is 6. The molecule has 22 heavy (non-hydrogen) atoms. The van der Waals surface area contributed by atoms with Crippen LogP contribution in [0.5, 0.6) is 0 Å². The maximum absolute atomic E-state index is 12.1. The van der Waals surface area contributed by atoms with E-state index in [1.165, 1.54) is 0 Å². The summed E-state index contributed by atoms with van der Waals surface area (Å²) < 4.78 is 4.91. The third kappa shape index (κ3) is 4.84. The Kier molecular flexibility index (Phi) is 5.94. The van der Waals surface area contributed by atoms with Crippen molar-refractivity contribution < 1.29 is 9.53 Å². The predicted molar refractivity (Wildman–Crippen MR) is 86.8 cm³/mol. The van der Waals surface area contributed by atoms with Gasteiger partial charge in [0.2, 0.25) is 0 Å². The van der Waals surface area contributed by atoms with E-state index >= 15 is 0 Å². The number of hydrogen-bond donors (Lipinski definition) is 2. The number of methoxy groups -OCH3 is 1. The van der Waals surface area contributed by atoms with E-state index in [1.54, 1.807) is 37.4 Å². The molecule has 1 aromatic carbocycles. The summed E-state index contributed by atoms with van der Waals surface area (Å²) >= 11 is 11.8. The van der Waals surface area contributed by atoms with Crippen LogP contribution in [0.15, 0.2) is 30.3 Å². The van der Waals surface area contributed by atoms with Crippen LogP contribution in [0, 0.1) is 0 Å². The molecule has 1 heterocycles. The van der Waals surface area contributed by atoms with Crippen molar-refractivity contribution in [3.8, 4) is 0 Å². The summed E-state index contributed by atoms with van der Waals surface area (Å²) in [5.74, 6) is 0.175. The van der Waals surface area contributed by atoms with Gasteiger partial charge in [0, 0.05) is 29.4 Å². The number of carbonyl (C=O) groups excluding carboxylic acids is 1. The van der Waals surface area contributed by atoms with Crippen molar-refractivity contribution in [2.45, 2.75) is 0 Å². The van der Waals surface area contributed by atoms with E-state index < -0.39 is 5.91 Å². The second-order valence-electron chi connectivity index (χ2n) is 4.34. The Morgan fingerprint density at radius 3 is 2.50 bits per heavy atom. The van der Waals surface area contributed by atoms with Gasteiger partial charge in [0.25, 0.3) is 5.91 Å². The second-order valence-corrected chi connectivity index (χ2v) is 5.21. The molecule has 0 spiro atoms. The Morgan fingerprint density at radius 2 is 1.91 bits per heavy atom. The number of carbonyl (C=O) groups is 1. The van der Waals surface area contributed by atoms with Gasteiger partial charge in [0.15, 0.2) is 5.69 Å². The van der Waals surface area contributed by atoms with Crippen LogP contribution in [0.1, 0.15) is 10.5 Å². The molecule has 0 radical (unpaired) electrons. The first-order chi connectivity index (χ1) is 10.6. The highest BCUT2D eigenvalue weighted by Gasteiger charge is 2.09. The number of halogens is 2. The first kappa shape index (κ1) is 16.5. The molecular formula is C14H14Cl2N4O2. The van der Waals surface area contributed by atoms with E-state index in [9.17, 15) is 4.79 Å². The molecule has 0 saturated carbocycles. The quantitative estimate of drug-likeness (QED) is 0.790. The molecule has 1 aromatic heterocycles. The molecule has 0 saturated heterocycles. The molecule has 0 fully saturated rings. The van der Waals surface area contributed by atoms with Crippen LogP contribution in [0.3, 0.4) is 0 Å². The highest BCUT2D eigenvalue weighted by Crippen LogP contribution is 2.22. The third-order valence-electron chi connectivity index (χ3n) is 2.63. The predicted octanol–water partition coefficient (Wildman–Crippen LogP) is 3.09. The molecule has 2 N–H and O–H groups in total. The number of nitrogens with zero attached hydrogens (tertiary/aromatic N) is 2. The number of amides is 1. The van der Waals surface area contributed by atoms with Gasteiger partial charge in [-0.15, -0.1) is 10.2 Å². The summed E-state index contributed by atoms with van der Waals surface area (Å²) in [5, 5.41) is 14.3. The molecule has 0 unspecified atom stereocenters. The summed E-state index contributed by atoms with van der Waals surface area (Å²) in [6.07, 6.45) is 0. The summed E-state index contributed by atoms with van der Waals surface area (Å²) in [6, 6.07) is 8.02. The SMILES string of the molecule is COCCNc1ccc(C(=O)Nc2cc(Cl)cc(Cl)c2)nn1. The van der Waals surface area contributed by atoms with Crippen molar-refractivity contribution >= 4 is 40.6 Å². The van der Waals surface area contributed by atoms with Crippen molar-refractivity contribution in [3.63, 3.8) is 0 Å². The fourth-order valence-corrected chi connectivity index (χ4v) is 2.18. The van der Waals surface area contributed by atoms with Crippen LogP contribution >= 0.6 is 23.2 Å². The molecule has 0 atom stereocenters. The lowest BCUT2D eigenvalue weighted by molar-refractivity contribution is 0.102. The summed E-state index contributed by atoms with van der Waals surface area (Å²) in [4.78, 5) is 12.1.